The van der Waals surface area contributed by atoms with Gasteiger partial charge < -0.3 is 10.6 Å². The molecule has 0 saturated heterocycles. The molecule has 0 spiro atoms. The molecule has 1 aromatic heterocycles. The van der Waals surface area contributed by atoms with Crippen LogP contribution in [0, 0.1) is 10.1 Å². The lowest BCUT2D eigenvalue weighted by molar-refractivity contribution is -0.384. The molecule has 0 saturated carbocycles. The summed E-state index contributed by atoms with van der Waals surface area (Å²) in [5.74, 6) is -0.477. The number of carbonyl (C=O) groups is 1. The second-order valence-electron chi connectivity index (χ2n) is 5.67. The van der Waals surface area contributed by atoms with E-state index in [1.54, 1.807) is 42.7 Å². The van der Waals surface area contributed by atoms with Gasteiger partial charge in [-0.25, -0.2) is 0 Å². The summed E-state index contributed by atoms with van der Waals surface area (Å²) in [5.41, 5.74) is 1.88. The summed E-state index contributed by atoms with van der Waals surface area (Å²) in [7, 11) is 0. The lowest BCUT2D eigenvalue weighted by Gasteiger charge is -2.12. The van der Waals surface area contributed by atoms with Crippen LogP contribution in [0.2, 0.25) is 5.02 Å². The summed E-state index contributed by atoms with van der Waals surface area (Å²) in [6, 6.07) is 14.5. The van der Waals surface area contributed by atoms with Gasteiger partial charge in [0.25, 0.3) is 11.6 Å². The summed E-state index contributed by atoms with van der Waals surface area (Å²) in [6.07, 6.45) is 3.36. The van der Waals surface area contributed by atoms with Crippen LogP contribution < -0.4 is 10.6 Å². The van der Waals surface area contributed by atoms with Crippen molar-refractivity contribution in [2.45, 2.75) is 6.54 Å². The van der Waals surface area contributed by atoms with Crippen LogP contribution in [0.5, 0.6) is 0 Å². The molecule has 1 amide bonds. The quantitative estimate of drug-likeness (QED) is 0.483. The number of non-ortho nitro benzene ring substituents is 1. The Hall–Kier alpha value is -3.45. The molecule has 0 aliphatic heterocycles. The SMILES string of the molecule is O=C(Nc1cccc(Cl)c1)c1cc([N+](=O)[O-])ccc1NCc1cccnc1. The number of nitrogens with zero attached hydrogens (tertiary/aromatic N) is 2. The van der Waals surface area contributed by atoms with Crippen molar-refractivity contribution in [3.05, 3.63) is 93.3 Å². The molecule has 27 heavy (non-hydrogen) atoms. The van der Waals surface area contributed by atoms with Crippen molar-refractivity contribution in [3.8, 4) is 0 Å². The molecule has 7 nitrogen and oxygen atoms in total. The van der Waals surface area contributed by atoms with E-state index in [2.05, 4.69) is 15.6 Å². The van der Waals surface area contributed by atoms with Crippen molar-refractivity contribution >= 4 is 34.6 Å². The number of halogens is 1. The van der Waals surface area contributed by atoms with Gasteiger partial charge in [0.1, 0.15) is 0 Å². The van der Waals surface area contributed by atoms with Gasteiger partial charge >= 0.3 is 0 Å². The first-order chi connectivity index (χ1) is 13.0. The third-order valence-corrected chi connectivity index (χ3v) is 3.98. The maximum Gasteiger partial charge on any atom is 0.270 e. The number of carbonyl (C=O) groups excluding carboxylic acids is 1. The highest BCUT2D eigenvalue weighted by atomic mass is 35.5. The minimum Gasteiger partial charge on any atom is -0.380 e. The number of anilines is 2. The number of aromatic nitrogens is 1. The van der Waals surface area contributed by atoms with Gasteiger partial charge in [-0.3, -0.25) is 19.9 Å². The third kappa shape index (κ3) is 4.80. The molecule has 0 radical (unpaired) electrons. The molecule has 0 aliphatic carbocycles. The lowest BCUT2D eigenvalue weighted by atomic mass is 10.1. The molecular formula is C19H15ClN4O3. The number of pyridine rings is 1. The number of rotatable bonds is 6. The summed E-state index contributed by atoms with van der Waals surface area (Å²) in [4.78, 5) is 27.3. The molecule has 2 aromatic carbocycles. The Bertz CT molecular complexity index is 980. The molecule has 0 unspecified atom stereocenters. The highest BCUT2D eigenvalue weighted by Crippen LogP contribution is 2.24. The summed E-state index contributed by atoms with van der Waals surface area (Å²) >= 11 is 5.93. The zero-order valence-electron chi connectivity index (χ0n) is 14.1. The van der Waals surface area contributed by atoms with Gasteiger partial charge in [0, 0.05) is 47.5 Å². The fraction of sp³-hybridized carbons (Fsp3) is 0.0526. The average molecular weight is 383 g/mol. The fourth-order valence-corrected chi connectivity index (χ4v) is 2.64. The van der Waals surface area contributed by atoms with Gasteiger partial charge in [-0.15, -0.1) is 0 Å². The highest BCUT2D eigenvalue weighted by Gasteiger charge is 2.17. The molecule has 136 valence electrons. The van der Waals surface area contributed by atoms with Crippen molar-refractivity contribution < 1.29 is 9.72 Å². The van der Waals surface area contributed by atoms with E-state index in [0.717, 1.165) is 5.56 Å². The Morgan fingerprint density at radius 1 is 1.15 bits per heavy atom. The minimum absolute atomic E-state index is 0.160. The topological polar surface area (TPSA) is 97.2 Å². The van der Waals surface area contributed by atoms with E-state index in [1.807, 2.05) is 6.07 Å². The normalized spacial score (nSPS) is 10.3. The molecule has 8 heteroatoms. The monoisotopic (exact) mass is 382 g/mol. The summed E-state index contributed by atoms with van der Waals surface area (Å²) in [5, 5.41) is 17.4. The Labute approximate surface area is 160 Å². The van der Waals surface area contributed by atoms with Crippen LogP contribution in [0.25, 0.3) is 0 Å². The van der Waals surface area contributed by atoms with Gasteiger partial charge in [-0.05, 0) is 35.9 Å². The largest absolute Gasteiger partial charge is 0.380 e. The van der Waals surface area contributed by atoms with E-state index in [4.69, 9.17) is 11.6 Å². The van der Waals surface area contributed by atoms with Gasteiger partial charge in [0.05, 0.1) is 10.5 Å². The van der Waals surface area contributed by atoms with E-state index in [-0.39, 0.29) is 11.3 Å². The third-order valence-electron chi connectivity index (χ3n) is 3.75. The van der Waals surface area contributed by atoms with Crippen LogP contribution >= 0.6 is 11.6 Å². The van der Waals surface area contributed by atoms with E-state index >= 15 is 0 Å². The predicted octanol–water partition coefficient (Wildman–Crippen LogP) is 4.51. The maximum atomic E-state index is 12.7. The van der Waals surface area contributed by atoms with Gasteiger partial charge in [-0.1, -0.05) is 23.7 Å². The van der Waals surface area contributed by atoms with Crippen molar-refractivity contribution in [2.24, 2.45) is 0 Å². The predicted molar refractivity (Wildman–Crippen MR) is 104 cm³/mol. The first-order valence-electron chi connectivity index (χ1n) is 8.01. The second kappa shape index (κ2) is 8.29. The fourth-order valence-electron chi connectivity index (χ4n) is 2.45. The van der Waals surface area contributed by atoms with Crippen LogP contribution in [-0.4, -0.2) is 15.8 Å². The molecule has 3 rings (SSSR count). The van der Waals surface area contributed by atoms with E-state index in [0.29, 0.717) is 22.9 Å². The summed E-state index contributed by atoms with van der Waals surface area (Å²) < 4.78 is 0. The number of hydrogen-bond acceptors (Lipinski definition) is 5. The number of amides is 1. The van der Waals surface area contributed by atoms with E-state index < -0.39 is 10.8 Å². The van der Waals surface area contributed by atoms with Crippen molar-refractivity contribution in [1.29, 1.82) is 0 Å². The van der Waals surface area contributed by atoms with Gasteiger partial charge in [-0.2, -0.15) is 0 Å². The highest BCUT2D eigenvalue weighted by molar-refractivity contribution is 6.31. The Kier molecular flexibility index (Phi) is 5.63. The minimum atomic E-state index is -0.541. The molecule has 3 aromatic rings. The molecule has 0 fully saturated rings. The smallest absolute Gasteiger partial charge is 0.270 e. The van der Waals surface area contributed by atoms with Crippen molar-refractivity contribution in [3.63, 3.8) is 0 Å². The average Bonchev–Trinajstić information content (AvgIpc) is 2.67. The summed E-state index contributed by atoms with van der Waals surface area (Å²) in [6.45, 7) is 0.420. The number of nitro benzene ring substituents is 1. The first-order valence-corrected chi connectivity index (χ1v) is 8.39. The number of nitrogens with one attached hydrogen (secondary N) is 2. The zero-order chi connectivity index (χ0) is 19.2. The second-order valence-corrected chi connectivity index (χ2v) is 6.10. The molecular weight excluding hydrogens is 368 g/mol. The lowest BCUT2D eigenvalue weighted by Crippen LogP contribution is -2.15. The van der Waals surface area contributed by atoms with Crippen LogP contribution in [-0.2, 0) is 6.54 Å². The molecule has 2 N–H and O–H groups in total. The molecule has 0 bridgehead atoms. The van der Waals surface area contributed by atoms with Crippen molar-refractivity contribution in [2.75, 3.05) is 10.6 Å². The number of benzene rings is 2. The Morgan fingerprint density at radius 3 is 2.70 bits per heavy atom. The molecule has 0 atom stereocenters. The van der Waals surface area contributed by atoms with Crippen molar-refractivity contribution in [1.82, 2.24) is 4.98 Å². The Morgan fingerprint density at radius 2 is 2.00 bits per heavy atom. The molecule has 0 aliphatic rings. The number of hydrogen-bond donors (Lipinski definition) is 2. The molecule has 1 heterocycles. The standard InChI is InChI=1S/C19H15ClN4O3/c20-14-4-1-5-15(9-14)23-19(25)17-10-16(24(26)27)6-7-18(17)22-12-13-3-2-8-21-11-13/h1-11,22H,12H2,(H,23,25). The van der Waals surface area contributed by atoms with E-state index in [1.165, 1.54) is 18.2 Å². The van der Waals surface area contributed by atoms with Crippen LogP contribution in [0.4, 0.5) is 17.1 Å². The van der Waals surface area contributed by atoms with Gasteiger partial charge in [0.2, 0.25) is 0 Å². The first kappa shape index (κ1) is 18.3. The van der Waals surface area contributed by atoms with Gasteiger partial charge in [0.15, 0.2) is 0 Å². The van der Waals surface area contributed by atoms with Crippen LogP contribution in [0.15, 0.2) is 67.0 Å². The Balaban J connectivity index is 1.86. The zero-order valence-corrected chi connectivity index (χ0v) is 14.8. The van der Waals surface area contributed by atoms with E-state index in [9.17, 15) is 14.9 Å². The maximum absolute atomic E-state index is 12.7. The van der Waals surface area contributed by atoms with Crippen LogP contribution in [0.1, 0.15) is 15.9 Å². The van der Waals surface area contributed by atoms with Crippen LogP contribution in [0.3, 0.4) is 0 Å². The number of nitro groups is 1.